The first-order chi connectivity index (χ1) is 14.3. The van der Waals surface area contributed by atoms with E-state index in [-0.39, 0.29) is 17.7 Å². The van der Waals surface area contributed by atoms with Crippen molar-refractivity contribution in [1.29, 1.82) is 0 Å². The van der Waals surface area contributed by atoms with Crippen molar-refractivity contribution in [3.63, 3.8) is 0 Å². The Morgan fingerprint density at radius 1 is 1.17 bits per heavy atom. The Kier molecular flexibility index (Phi) is 6.24. The number of primary amides is 1. The van der Waals surface area contributed by atoms with E-state index in [4.69, 9.17) is 33.7 Å². The number of hydrogen-bond donors (Lipinski definition) is 1. The average Bonchev–Trinajstić information content (AvgIpc) is 3.52. The quantitative estimate of drug-likeness (QED) is 0.612. The Balaban J connectivity index is 1.52. The van der Waals surface area contributed by atoms with E-state index in [2.05, 4.69) is 11.8 Å². The van der Waals surface area contributed by atoms with E-state index in [1.807, 2.05) is 12.1 Å². The van der Waals surface area contributed by atoms with Crippen molar-refractivity contribution < 1.29 is 13.9 Å². The van der Waals surface area contributed by atoms with Crippen molar-refractivity contribution in [2.75, 3.05) is 13.1 Å². The zero-order valence-electron chi connectivity index (χ0n) is 16.8. The average molecular weight is 451 g/mol. The predicted octanol–water partition coefficient (Wildman–Crippen LogP) is 5.71. The molecule has 2 aliphatic rings. The third kappa shape index (κ3) is 4.74. The van der Waals surface area contributed by atoms with Crippen LogP contribution in [0, 0.1) is 5.82 Å². The van der Waals surface area contributed by atoms with Gasteiger partial charge in [-0.15, -0.1) is 0 Å². The molecule has 4 rings (SSSR count). The van der Waals surface area contributed by atoms with Crippen molar-refractivity contribution in [3.8, 4) is 5.75 Å². The number of carbonyl (C=O) groups is 1. The van der Waals surface area contributed by atoms with Crippen molar-refractivity contribution in [2.24, 2.45) is 5.73 Å². The molecule has 2 aromatic carbocycles. The Morgan fingerprint density at radius 3 is 2.50 bits per heavy atom. The lowest BCUT2D eigenvalue weighted by Gasteiger charge is -2.37. The van der Waals surface area contributed by atoms with Crippen LogP contribution in [0.4, 0.5) is 4.39 Å². The second-order valence-corrected chi connectivity index (χ2v) is 9.14. The Labute approximate surface area is 186 Å². The Bertz CT molecular complexity index is 944. The van der Waals surface area contributed by atoms with Crippen molar-refractivity contribution in [3.05, 3.63) is 62.9 Å². The number of ether oxygens (including phenoxy) is 1. The molecule has 1 amide bonds. The van der Waals surface area contributed by atoms with Gasteiger partial charge in [-0.3, -0.25) is 9.69 Å². The molecule has 2 aromatic rings. The zero-order chi connectivity index (χ0) is 21.4. The molecule has 160 valence electrons. The minimum absolute atomic E-state index is 0.0628. The summed E-state index contributed by atoms with van der Waals surface area (Å²) in [6.07, 6.45) is 3.84. The lowest BCUT2D eigenvalue weighted by atomic mass is 10.0. The van der Waals surface area contributed by atoms with E-state index in [0.29, 0.717) is 28.3 Å². The molecule has 0 spiro atoms. The maximum atomic E-state index is 14.4. The minimum atomic E-state index is -0.751. The highest BCUT2D eigenvalue weighted by Crippen LogP contribution is 2.45. The largest absolute Gasteiger partial charge is 0.489 e. The van der Waals surface area contributed by atoms with Crippen molar-refractivity contribution >= 4 is 29.1 Å². The van der Waals surface area contributed by atoms with Crippen molar-refractivity contribution in [2.45, 2.75) is 50.7 Å². The van der Waals surface area contributed by atoms with E-state index in [1.165, 1.54) is 6.07 Å². The van der Waals surface area contributed by atoms with Gasteiger partial charge >= 0.3 is 0 Å². The predicted molar refractivity (Wildman–Crippen MR) is 117 cm³/mol. The third-order valence-electron chi connectivity index (χ3n) is 6.00. The second kappa shape index (κ2) is 8.74. The molecule has 7 heteroatoms. The van der Waals surface area contributed by atoms with E-state index in [0.717, 1.165) is 43.4 Å². The number of hydrogen-bond acceptors (Lipinski definition) is 3. The summed E-state index contributed by atoms with van der Waals surface area (Å²) in [6, 6.07) is 8.63. The molecule has 2 atom stereocenters. The fraction of sp³-hybridized carbons (Fsp3) is 0.435. The number of carbonyl (C=O) groups excluding carboxylic acids is 1. The number of piperidine rings is 1. The summed E-state index contributed by atoms with van der Waals surface area (Å²) in [5.41, 5.74) is 7.20. The third-order valence-corrected chi connectivity index (χ3v) is 6.44. The molecule has 1 heterocycles. The maximum absolute atomic E-state index is 14.4. The van der Waals surface area contributed by atoms with Gasteiger partial charge < -0.3 is 10.5 Å². The van der Waals surface area contributed by atoms with Crippen LogP contribution in [0.15, 0.2) is 30.3 Å². The summed E-state index contributed by atoms with van der Waals surface area (Å²) >= 11 is 12.4. The lowest BCUT2D eigenvalue weighted by Crippen LogP contribution is -2.42. The highest BCUT2D eigenvalue weighted by molar-refractivity contribution is 6.34. The van der Waals surface area contributed by atoms with Crippen LogP contribution in [0.5, 0.6) is 5.75 Å². The second-order valence-electron chi connectivity index (χ2n) is 8.26. The molecule has 1 aliphatic carbocycles. The number of amides is 1. The van der Waals surface area contributed by atoms with Gasteiger partial charge in [-0.2, -0.15) is 0 Å². The standard InChI is InChI=1S/C23H25Cl2FN2O2/c1-13(15-7-16(24)9-17(25)8-15)28-6-2-3-18(12-28)30-22-11-21(26)20(23(27)29)10-19(22)14-4-5-14/h7-11,13-14,18H,2-6,12H2,1H3,(H2,27,29). The molecule has 2 fully saturated rings. The molecule has 1 saturated heterocycles. The van der Waals surface area contributed by atoms with Gasteiger partial charge in [0.05, 0.1) is 5.56 Å². The summed E-state index contributed by atoms with van der Waals surface area (Å²) in [5.74, 6) is -0.536. The Hall–Kier alpha value is -1.82. The van der Waals surface area contributed by atoms with Crippen LogP contribution in [0.2, 0.25) is 10.0 Å². The van der Waals surface area contributed by atoms with Gasteiger partial charge in [0.1, 0.15) is 17.7 Å². The molecule has 0 aromatic heterocycles. The molecular formula is C23H25Cl2FN2O2. The molecule has 2 unspecified atom stereocenters. The van der Waals surface area contributed by atoms with Crippen molar-refractivity contribution in [1.82, 2.24) is 4.90 Å². The van der Waals surface area contributed by atoms with Crippen LogP contribution in [-0.2, 0) is 0 Å². The summed E-state index contributed by atoms with van der Waals surface area (Å²) in [5, 5.41) is 1.24. The fourth-order valence-corrected chi connectivity index (χ4v) is 4.74. The van der Waals surface area contributed by atoms with Gasteiger partial charge in [-0.05, 0) is 80.5 Å². The van der Waals surface area contributed by atoms with Gasteiger partial charge in [0.2, 0.25) is 0 Å². The van der Waals surface area contributed by atoms with Gasteiger partial charge in [0.25, 0.3) is 5.91 Å². The highest BCUT2D eigenvalue weighted by atomic mass is 35.5. The summed E-state index contributed by atoms with van der Waals surface area (Å²) in [4.78, 5) is 13.9. The number of benzene rings is 2. The summed E-state index contributed by atoms with van der Waals surface area (Å²) in [7, 11) is 0. The van der Waals surface area contributed by atoms with Gasteiger partial charge in [-0.1, -0.05) is 23.2 Å². The zero-order valence-corrected chi connectivity index (χ0v) is 18.3. The summed E-state index contributed by atoms with van der Waals surface area (Å²) < 4.78 is 20.7. The van der Waals surface area contributed by atoms with Crippen LogP contribution in [0.3, 0.4) is 0 Å². The first-order valence-electron chi connectivity index (χ1n) is 10.3. The first-order valence-corrected chi connectivity index (χ1v) is 11.1. The number of nitrogens with two attached hydrogens (primary N) is 1. The maximum Gasteiger partial charge on any atom is 0.251 e. The van der Waals surface area contributed by atoms with Crippen LogP contribution < -0.4 is 10.5 Å². The smallest absolute Gasteiger partial charge is 0.251 e. The fourth-order valence-electron chi connectivity index (χ4n) is 4.20. The first kappa shape index (κ1) is 21.4. The molecule has 4 nitrogen and oxygen atoms in total. The highest BCUT2D eigenvalue weighted by Gasteiger charge is 2.31. The number of rotatable bonds is 6. The van der Waals surface area contributed by atoms with E-state index < -0.39 is 11.7 Å². The van der Waals surface area contributed by atoms with Gasteiger partial charge in [0, 0.05) is 28.7 Å². The minimum Gasteiger partial charge on any atom is -0.489 e. The molecule has 1 aliphatic heterocycles. The molecule has 1 saturated carbocycles. The number of nitrogens with zero attached hydrogens (tertiary/aromatic N) is 1. The molecule has 0 bridgehead atoms. The molecule has 0 radical (unpaired) electrons. The SMILES string of the molecule is CC(c1cc(Cl)cc(Cl)c1)N1CCCC(Oc2cc(F)c(C(N)=O)cc2C2CC2)C1. The molecule has 2 N–H and O–H groups in total. The van der Waals surface area contributed by atoms with Crippen LogP contribution in [-0.4, -0.2) is 30.0 Å². The Morgan fingerprint density at radius 2 is 1.87 bits per heavy atom. The van der Waals surface area contributed by atoms with Crippen LogP contribution in [0.1, 0.15) is 66.1 Å². The van der Waals surface area contributed by atoms with E-state index >= 15 is 0 Å². The van der Waals surface area contributed by atoms with Gasteiger partial charge in [0.15, 0.2) is 0 Å². The van der Waals surface area contributed by atoms with Gasteiger partial charge in [-0.25, -0.2) is 4.39 Å². The lowest BCUT2D eigenvalue weighted by molar-refractivity contribution is 0.0650. The summed E-state index contributed by atoms with van der Waals surface area (Å²) in [6.45, 7) is 3.78. The number of halogens is 3. The van der Waals surface area contributed by atoms with Crippen LogP contribution in [0.25, 0.3) is 0 Å². The van der Waals surface area contributed by atoms with E-state index in [9.17, 15) is 9.18 Å². The normalized spacial score (nSPS) is 20.7. The molecular weight excluding hydrogens is 426 g/mol. The van der Waals surface area contributed by atoms with Crippen LogP contribution >= 0.6 is 23.2 Å². The topological polar surface area (TPSA) is 55.6 Å². The monoisotopic (exact) mass is 450 g/mol. The molecule has 30 heavy (non-hydrogen) atoms. The van der Waals surface area contributed by atoms with E-state index in [1.54, 1.807) is 12.1 Å². The number of likely N-dealkylation sites (tertiary alicyclic amines) is 1.